The number of aryl methyl sites for hydroxylation is 1. The summed E-state index contributed by atoms with van der Waals surface area (Å²) in [6.07, 6.45) is 7.87. The summed E-state index contributed by atoms with van der Waals surface area (Å²) in [7, 11) is 0. The van der Waals surface area contributed by atoms with E-state index in [0.717, 1.165) is 54.2 Å². The van der Waals surface area contributed by atoms with E-state index in [-0.39, 0.29) is 5.56 Å². The van der Waals surface area contributed by atoms with Crippen molar-refractivity contribution in [2.75, 3.05) is 0 Å². The number of unbranched alkanes of at least 4 members (excludes halogenated alkanes) is 1. The van der Waals surface area contributed by atoms with Gasteiger partial charge in [-0.1, -0.05) is 67.1 Å². The first-order valence-electron chi connectivity index (χ1n) is 11.1. The average Bonchev–Trinajstić information content (AvgIpc) is 2.77. The number of allylic oxidation sites excluding steroid dienone is 3. The number of hydrogen-bond donors (Lipinski definition) is 0. The Bertz CT molecular complexity index is 1010. The molecule has 32 heavy (non-hydrogen) atoms. The van der Waals surface area contributed by atoms with Crippen LogP contribution < -0.4 is 0 Å². The molecule has 0 atom stereocenters. The Kier molecular flexibility index (Phi) is 9.25. The number of benzene rings is 2. The number of carbonyl (C=O) groups excluding carboxylic acids is 1. The van der Waals surface area contributed by atoms with E-state index in [1.807, 2.05) is 13.0 Å². The molecule has 0 amide bonds. The van der Waals surface area contributed by atoms with Gasteiger partial charge in [-0.05, 0) is 55.9 Å². The molecule has 2 aromatic rings. The minimum Gasteiger partial charge on any atom is -0.303 e. The molecule has 0 radical (unpaired) electrons. The van der Waals surface area contributed by atoms with Crippen LogP contribution in [0.15, 0.2) is 64.8 Å². The summed E-state index contributed by atoms with van der Waals surface area (Å²) < 4.78 is 27.0. The maximum Gasteiger partial charge on any atom is 0.270 e. The van der Waals surface area contributed by atoms with Gasteiger partial charge in [0.15, 0.2) is 0 Å². The molecule has 0 bridgehead atoms. The van der Waals surface area contributed by atoms with Crippen LogP contribution in [-0.4, -0.2) is 12.0 Å². The fourth-order valence-electron chi connectivity index (χ4n) is 3.31. The van der Waals surface area contributed by atoms with Crippen LogP contribution in [0.3, 0.4) is 0 Å². The molecule has 0 spiro atoms. The molecular formula is C28H33F2NO. The monoisotopic (exact) mass is 437 g/mol. The van der Waals surface area contributed by atoms with Crippen molar-refractivity contribution in [3.05, 3.63) is 87.6 Å². The van der Waals surface area contributed by atoms with Gasteiger partial charge in [-0.3, -0.25) is 4.99 Å². The van der Waals surface area contributed by atoms with Gasteiger partial charge in [0.1, 0.15) is 6.29 Å². The fraction of sp³-hybridized carbons (Fsp3) is 0.357. The number of alkyl halides is 2. The van der Waals surface area contributed by atoms with Gasteiger partial charge in [-0.25, -0.2) is 8.78 Å². The van der Waals surface area contributed by atoms with Gasteiger partial charge >= 0.3 is 0 Å². The average molecular weight is 438 g/mol. The lowest BCUT2D eigenvalue weighted by atomic mass is 9.99. The second-order valence-electron chi connectivity index (χ2n) is 8.26. The van der Waals surface area contributed by atoms with Crippen molar-refractivity contribution < 1.29 is 13.6 Å². The molecule has 0 fully saturated rings. The fourth-order valence-corrected chi connectivity index (χ4v) is 3.31. The third-order valence-corrected chi connectivity index (χ3v) is 5.60. The quantitative estimate of drug-likeness (QED) is 0.211. The van der Waals surface area contributed by atoms with Crippen molar-refractivity contribution in [3.8, 4) is 0 Å². The third-order valence-electron chi connectivity index (χ3n) is 5.60. The maximum atomic E-state index is 13.5. The van der Waals surface area contributed by atoms with Crippen LogP contribution in [0.5, 0.6) is 0 Å². The summed E-state index contributed by atoms with van der Waals surface area (Å²) in [5, 5.41) is 0. The number of halogens is 2. The molecule has 170 valence electrons. The van der Waals surface area contributed by atoms with Crippen molar-refractivity contribution in [2.45, 2.75) is 66.2 Å². The summed E-state index contributed by atoms with van der Waals surface area (Å²) in [6.45, 7) is 9.08. The second kappa shape index (κ2) is 11.7. The summed E-state index contributed by atoms with van der Waals surface area (Å²) in [5.74, 6) is -2.85. The molecule has 0 aliphatic heterocycles. The Morgan fingerprint density at radius 2 is 1.75 bits per heavy atom. The molecule has 0 heterocycles. The first kappa shape index (κ1) is 25.4. The van der Waals surface area contributed by atoms with Crippen LogP contribution in [0, 0.1) is 6.92 Å². The molecule has 2 nitrogen and oxygen atoms in total. The Morgan fingerprint density at radius 3 is 2.34 bits per heavy atom. The predicted octanol–water partition coefficient (Wildman–Crippen LogP) is 7.83. The van der Waals surface area contributed by atoms with Crippen molar-refractivity contribution in [1.82, 2.24) is 0 Å². The van der Waals surface area contributed by atoms with Gasteiger partial charge in [0.05, 0.1) is 0 Å². The molecule has 0 aliphatic carbocycles. The van der Waals surface area contributed by atoms with Gasteiger partial charge in [0.2, 0.25) is 0 Å². The van der Waals surface area contributed by atoms with E-state index in [4.69, 9.17) is 4.99 Å². The second-order valence-corrected chi connectivity index (χ2v) is 8.26. The van der Waals surface area contributed by atoms with Crippen LogP contribution >= 0.6 is 0 Å². The minimum absolute atomic E-state index is 0.00272. The van der Waals surface area contributed by atoms with Gasteiger partial charge in [-0.2, -0.15) is 0 Å². The van der Waals surface area contributed by atoms with Crippen molar-refractivity contribution in [3.63, 3.8) is 0 Å². The highest BCUT2D eigenvalue weighted by molar-refractivity contribution is 5.99. The van der Waals surface area contributed by atoms with Crippen LogP contribution in [0.25, 0.3) is 6.08 Å². The predicted molar refractivity (Wildman–Crippen MR) is 130 cm³/mol. The summed E-state index contributed by atoms with van der Waals surface area (Å²) in [5.41, 5.74) is 7.32. The van der Waals surface area contributed by atoms with Crippen molar-refractivity contribution in [2.24, 2.45) is 4.99 Å². The molecule has 0 saturated carbocycles. The molecule has 0 aromatic heterocycles. The lowest BCUT2D eigenvalue weighted by molar-refractivity contribution is -0.107. The standard InChI is InChI=1S/C28H33F2NO/c1-6-20(2)27(31-22(4)24-13-15-26(16-14-24)28(5,29)30)19-23-12-11-21(3)25(18-23)10-8-7-9-17-32/h8,10-18H,6-7,9,19H2,1-5H3/b10-8-,27-20+,31-22?. The molecule has 4 heteroatoms. The largest absolute Gasteiger partial charge is 0.303 e. The minimum atomic E-state index is -2.85. The summed E-state index contributed by atoms with van der Waals surface area (Å²) >= 11 is 0. The van der Waals surface area contributed by atoms with E-state index in [2.05, 4.69) is 45.0 Å². The highest BCUT2D eigenvalue weighted by Crippen LogP contribution is 2.27. The molecular weight excluding hydrogens is 404 g/mol. The Labute approximate surface area is 190 Å². The Balaban J connectivity index is 2.30. The lowest BCUT2D eigenvalue weighted by Crippen LogP contribution is -2.07. The molecule has 0 unspecified atom stereocenters. The first-order valence-corrected chi connectivity index (χ1v) is 11.1. The highest BCUT2D eigenvalue weighted by Gasteiger charge is 2.23. The Hall–Kier alpha value is -2.88. The SMILES string of the molecule is CC/C(C)=C(\Cc1ccc(C)c(/C=C\CCC=O)c1)N=C(C)c1ccc(C(C)(F)F)cc1. The molecule has 2 aromatic carbocycles. The zero-order valence-corrected chi connectivity index (χ0v) is 19.7. The topological polar surface area (TPSA) is 29.4 Å². The van der Waals surface area contributed by atoms with Gasteiger partial charge in [0, 0.05) is 36.7 Å². The van der Waals surface area contributed by atoms with Gasteiger partial charge in [-0.15, -0.1) is 0 Å². The van der Waals surface area contributed by atoms with Crippen LogP contribution in [-0.2, 0) is 17.1 Å². The van der Waals surface area contributed by atoms with Crippen molar-refractivity contribution in [1.29, 1.82) is 0 Å². The van der Waals surface area contributed by atoms with E-state index in [1.165, 1.54) is 23.3 Å². The first-order chi connectivity index (χ1) is 15.2. The van der Waals surface area contributed by atoms with Crippen LogP contribution in [0.1, 0.15) is 74.8 Å². The number of aldehydes is 1. The van der Waals surface area contributed by atoms with E-state index in [1.54, 1.807) is 12.1 Å². The third kappa shape index (κ3) is 7.37. The van der Waals surface area contributed by atoms with E-state index in [9.17, 15) is 13.6 Å². The van der Waals surface area contributed by atoms with Gasteiger partial charge < -0.3 is 4.79 Å². The molecule has 2 rings (SSSR count). The molecule has 0 saturated heterocycles. The number of hydrogen-bond acceptors (Lipinski definition) is 2. The Morgan fingerprint density at radius 1 is 1.06 bits per heavy atom. The smallest absolute Gasteiger partial charge is 0.270 e. The zero-order chi connectivity index (χ0) is 23.7. The van der Waals surface area contributed by atoms with Crippen LogP contribution in [0.4, 0.5) is 8.78 Å². The van der Waals surface area contributed by atoms with E-state index in [0.29, 0.717) is 12.8 Å². The van der Waals surface area contributed by atoms with Crippen LogP contribution in [0.2, 0.25) is 0 Å². The van der Waals surface area contributed by atoms with Crippen molar-refractivity contribution >= 4 is 18.1 Å². The maximum absolute atomic E-state index is 13.5. The lowest BCUT2D eigenvalue weighted by Gasteiger charge is -2.13. The van der Waals surface area contributed by atoms with E-state index >= 15 is 0 Å². The number of carbonyl (C=O) groups is 1. The number of nitrogens with zero attached hydrogens (tertiary/aromatic N) is 1. The molecule has 0 aliphatic rings. The number of rotatable bonds is 10. The van der Waals surface area contributed by atoms with Gasteiger partial charge in [0.25, 0.3) is 5.92 Å². The molecule has 0 N–H and O–H groups in total. The zero-order valence-electron chi connectivity index (χ0n) is 19.7. The summed E-state index contributed by atoms with van der Waals surface area (Å²) in [6, 6.07) is 12.7. The number of aliphatic imine (C=N–C) groups is 1. The normalized spacial score (nSPS) is 13.4. The van der Waals surface area contributed by atoms with E-state index < -0.39 is 5.92 Å². The highest BCUT2D eigenvalue weighted by atomic mass is 19.3. The summed E-state index contributed by atoms with van der Waals surface area (Å²) in [4.78, 5) is 15.4.